The molecule has 3 rings (SSSR count). The van der Waals surface area contributed by atoms with Gasteiger partial charge in [-0.1, -0.05) is 30.0 Å². The van der Waals surface area contributed by atoms with Gasteiger partial charge in [-0.3, -0.25) is 9.69 Å². The molecule has 0 aliphatic carbocycles. The van der Waals surface area contributed by atoms with Gasteiger partial charge in [0.25, 0.3) is 5.91 Å². The quantitative estimate of drug-likeness (QED) is 0.207. The molecule has 0 N–H and O–H groups in total. The first-order chi connectivity index (χ1) is 13.6. The van der Waals surface area contributed by atoms with Crippen molar-refractivity contribution in [3.05, 3.63) is 59.6 Å². The Hall–Kier alpha value is -0.860. The number of carbonyl (C=O) groups is 1. The van der Waals surface area contributed by atoms with Crippen LogP contribution in [0.5, 0.6) is 5.75 Å². The molecule has 0 bridgehead atoms. The van der Waals surface area contributed by atoms with Crippen LogP contribution in [0, 0.1) is 7.14 Å². The molecule has 1 heterocycles. The first-order valence-corrected chi connectivity index (χ1v) is 11.6. The van der Waals surface area contributed by atoms with E-state index >= 15 is 0 Å². The van der Waals surface area contributed by atoms with E-state index in [0.29, 0.717) is 22.8 Å². The first-order valence-electron chi connectivity index (χ1n) is 8.19. The number of hydrogen-bond acceptors (Lipinski definition) is 4. The Kier molecular flexibility index (Phi) is 7.16. The van der Waals surface area contributed by atoms with Crippen LogP contribution < -0.4 is 9.64 Å². The number of ether oxygens (including phenoxy) is 1. The van der Waals surface area contributed by atoms with E-state index in [1.54, 1.807) is 6.08 Å². The van der Waals surface area contributed by atoms with E-state index in [0.717, 1.165) is 35.9 Å². The van der Waals surface area contributed by atoms with Crippen molar-refractivity contribution in [2.24, 2.45) is 0 Å². The Balaban J connectivity index is 2.00. The summed E-state index contributed by atoms with van der Waals surface area (Å²) in [6.45, 7) is 2.33. The molecule has 2 aromatic rings. The highest BCUT2D eigenvalue weighted by Crippen LogP contribution is 2.40. The van der Waals surface area contributed by atoms with Gasteiger partial charge in [-0.2, -0.15) is 13.2 Å². The van der Waals surface area contributed by atoms with Gasteiger partial charge in [-0.05, 0) is 88.5 Å². The zero-order chi connectivity index (χ0) is 21.3. The largest absolute Gasteiger partial charge is 0.492 e. The third kappa shape index (κ3) is 5.07. The van der Waals surface area contributed by atoms with Crippen LogP contribution in [0.1, 0.15) is 18.1 Å². The van der Waals surface area contributed by atoms with E-state index in [4.69, 9.17) is 17.0 Å². The van der Waals surface area contributed by atoms with Gasteiger partial charge in [-0.15, -0.1) is 0 Å². The Morgan fingerprint density at radius 2 is 1.97 bits per heavy atom. The second-order valence-electron chi connectivity index (χ2n) is 5.80. The minimum atomic E-state index is -4.50. The normalized spacial score (nSPS) is 16.1. The highest BCUT2D eigenvalue weighted by Gasteiger charge is 2.36. The van der Waals surface area contributed by atoms with E-state index in [-0.39, 0.29) is 10.0 Å². The summed E-state index contributed by atoms with van der Waals surface area (Å²) in [5.74, 6) is 0.188. The molecule has 1 aliphatic heterocycles. The lowest BCUT2D eigenvalue weighted by atomic mass is 10.1. The van der Waals surface area contributed by atoms with Crippen molar-refractivity contribution in [3.63, 3.8) is 0 Å². The number of thiocarbonyl (C=S) groups is 1. The number of alkyl halides is 3. The summed E-state index contributed by atoms with van der Waals surface area (Å²) in [4.78, 5) is 14.4. The molecule has 1 saturated heterocycles. The first kappa shape index (κ1) is 22.8. The molecule has 0 aromatic heterocycles. The minimum absolute atomic E-state index is 0.0907. The second kappa shape index (κ2) is 9.10. The summed E-state index contributed by atoms with van der Waals surface area (Å²) < 4.78 is 46.9. The van der Waals surface area contributed by atoms with Crippen molar-refractivity contribution in [1.82, 2.24) is 0 Å². The van der Waals surface area contributed by atoms with Crippen molar-refractivity contribution in [3.8, 4) is 5.75 Å². The number of halogens is 5. The van der Waals surface area contributed by atoms with Gasteiger partial charge in [0.2, 0.25) is 0 Å². The van der Waals surface area contributed by atoms with Crippen molar-refractivity contribution in [2.75, 3.05) is 11.5 Å². The lowest BCUT2D eigenvalue weighted by Gasteiger charge is -2.16. The molecule has 0 spiro atoms. The fourth-order valence-electron chi connectivity index (χ4n) is 2.64. The van der Waals surface area contributed by atoms with Gasteiger partial charge >= 0.3 is 6.18 Å². The number of rotatable bonds is 4. The van der Waals surface area contributed by atoms with E-state index in [9.17, 15) is 18.0 Å². The highest BCUT2D eigenvalue weighted by atomic mass is 127. The van der Waals surface area contributed by atoms with Crippen molar-refractivity contribution >= 4 is 91.2 Å². The van der Waals surface area contributed by atoms with Gasteiger partial charge in [0.15, 0.2) is 4.32 Å². The molecule has 1 aliphatic rings. The third-order valence-electron chi connectivity index (χ3n) is 3.84. The van der Waals surface area contributed by atoms with Gasteiger partial charge < -0.3 is 4.74 Å². The highest BCUT2D eigenvalue weighted by molar-refractivity contribution is 14.1. The summed E-state index contributed by atoms with van der Waals surface area (Å²) in [5, 5.41) is 0. The number of amides is 1. The summed E-state index contributed by atoms with van der Waals surface area (Å²) in [6, 6.07) is 8.41. The number of benzene rings is 2. The number of carbonyl (C=O) groups excluding carboxylic acids is 1. The molecule has 3 nitrogen and oxygen atoms in total. The Labute approximate surface area is 202 Å². The zero-order valence-corrected chi connectivity index (χ0v) is 20.7. The average Bonchev–Trinajstić information content (AvgIpc) is 2.91. The molecule has 1 amide bonds. The predicted octanol–water partition coefficient (Wildman–Crippen LogP) is 6.72. The van der Waals surface area contributed by atoms with Crippen molar-refractivity contribution < 1.29 is 22.7 Å². The van der Waals surface area contributed by atoms with E-state index in [1.165, 1.54) is 12.1 Å². The molecule has 152 valence electrons. The van der Waals surface area contributed by atoms with Gasteiger partial charge in [0.05, 0.1) is 26.3 Å². The molecule has 10 heteroatoms. The molecule has 0 atom stereocenters. The van der Waals surface area contributed by atoms with Gasteiger partial charge in [-0.25, -0.2) is 0 Å². The van der Waals surface area contributed by atoms with Crippen LogP contribution in [-0.4, -0.2) is 16.8 Å². The van der Waals surface area contributed by atoms with Crippen LogP contribution in [0.15, 0.2) is 41.3 Å². The monoisotopic (exact) mass is 661 g/mol. The SMILES string of the molecule is CCOc1c(I)cc(I)cc1/C=C1\SC(=S)N(c2cccc(C(F)(F)F)c2)C1=O. The maximum atomic E-state index is 13.0. The fourth-order valence-corrected chi connectivity index (χ4v) is 5.97. The summed E-state index contributed by atoms with van der Waals surface area (Å²) in [6.07, 6.45) is -2.84. The van der Waals surface area contributed by atoms with Gasteiger partial charge in [0, 0.05) is 9.13 Å². The molecule has 2 aromatic carbocycles. The number of nitrogens with zero attached hydrogens (tertiary/aromatic N) is 1. The maximum absolute atomic E-state index is 13.0. The van der Waals surface area contributed by atoms with E-state index in [1.807, 2.05) is 19.1 Å². The predicted molar refractivity (Wildman–Crippen MR) is 130 cm³/mol. The molecular formula is C19H12F3I2NO2S2. The molecule has 29 heavy (non-hydrogen) atoms. The fraction of sp³-hybridized carbons (Fsp3) is 0.158. The van der Waals surface area contributed by atoms with Gasteiger partial charge in [0.1, 0.15) is 5.75 Å². The molecular weight excluding hydrogens is 649 g/mol. The van der Waals surface area contributed by atoms with Crippen molar-refractivity contribution in [2.45, 2.75) is 13.1 Å². The van der Waals surface area contributed by atoms with E-state index in [2.05, 4.69) is 45.2 Å². The standard InChI is InChI=1S/C19H12F3I2NO2S2/c1-2-27-16-10(6-12(23)9-14(16)24)7-15-17(26)25(18(28)29-15)13-5-3-4-11(8-13)19(20,21)22/h3-9H,2H2,1H3/b15-7-. The van der Waals surface area contributed by atoms with Crippen LogP contribution in [0.2, 0.25) is 0 Å². The Morgan fingerprint density at radius 1 is 1.24 bits per heavy atom. The topological polar surface area (TPSA) is 29.5 Å². The Bertz CT molecular complexity index is 1020. The van der Waals surface area contributed by atoms with Crippen LogP contribution >= 0.6 is 69.2 Å². The number of thioether (sulfide) groups is 1. The van der Waals surface area contributed by atoms with Crippen LogP contribution in [0.25, 0.3) is 6.08 Å². The lowest BCUT2D eigenvalue weighted by molar-refractivity contribution is -0.137. The third-order valence-corrected chi connectivity index (χ3v) is 6.56. The number of hydrogen-bond donors (Lipinski definition) is 0. The second-order valence-corrected chi connectivity index (χ2v) is 9.89. The molecule has 0 saturated carbocycles. The van der Waals surface area contributed by atoms with Crippen LogP contribution in [0.3, 0.4) is 0 Å². The summed E-state index contributed by atoms with van der Waals surface area (Å²) in [7, 11) is 0. The number of anilines is 1. The van der Waals surface area contributed by atoms with E-state index < -0.39 is 17.6 Å². The molecule has 0 unspecified atom stereocenters. The maximum Gasteiger partial charge on any atom is 0.416 e. The smallest absolute Gasteiger partial charge is 0.416 e. The van der Waals surface area contributed by atoms with Crippen LogP contribution in [0.4, 0.5) is 18.9 Å². The average molecular weight is 661 g/mol. The Morgan fingerprint density at radius 3 is 2.62 bits per heavy atom. The molecule has 1 fully saturated rings. The summed E-state index contributed by atoms with van der Waals surface area (Å²) >= 11 is 10.7. The lowest BCUT2D eigenvalue weighted by Crippen LogP contribution is -2.27. The zero-order valence-electron chi connectivity index (χ0n) is 14.7. The summed E-state index contributed by atoms with van der Waals surface area (Å²) in [5.41, 5.74) is -0.0282. The molecule has 0 radical (unpaired) electrons. The minimum Gasteiger partial charge on any atom is -0.492 e. The van der Waals surface area contributed by atoms with Crippen LogP contribution in [-0.2, 0) is 11.0 Å². The van der Waals surface area contributed by atoms with Crippen molar-refractivity contribution in [1.29, 1.82) is 0 Å².